The standard InChI is InChI=1S/C14H29NO/c1-4-9-15-14(12(2)3)11-16-10-8-13-6-5-7-13/h12-15H,4-11H2,1-3H3. The summed E-state index contributed by atoms with van der Waals surface area (Å²) in [5.41, 5.74) is 0. The molecule has 0 aliphatic heterocycles. The van der Waals surface area contributed by atoms with Crippen molar-refractivity contribution in [2.24, 2.45) is 11.8 Å². The molecule has 0 amide bonds. The lowest BCUT2D eigenvalue weighted by Crippen LogP contribution is -2.38. The largest absolute Gasteiger partial charge is 0.380 e. The first-order valence-electron chi connectivity index (χ1n) is 7.05. The van der Waals surface area contributed by atoms with Crippen LogP contribution in [0.3, 0.4) is 0 Å². The minimum Gasteiger partial charge on any atom is -0.380 e. The van der Waals surface area contributed by atoms with Crippen LogP contribution < -0.4 is 5.32 Å². The van der Waals surface area contributed by atoms with Crippen LogP contribution in [0.4, 0.5) is 0 Å². The fraction of sp³-hybridized carbons (Fsp3) is 1.00. The summed E-state index contributed by atoms with van der Waals surface area (Å²) in [5.74, 6) is 1.64. The average Bonchev–Trinajstić information content (AvgIpc) is 2.19. The van der Waals surface area contributed by atoms with Crippen molar-refractivity contribution in [2.45, 2.75) is 58.9 Å². The third-order valence-corrected chi connectivity index (χ3v) is 3.65. The van der Waals surface area contributed by atoms with Crippen molar-refractivity contribution in [1.29, 1.82) is 0 Å². The molecule has 0 radical (unpaired) electrons. The third-order valence-electron chi connectivity index (χ3n) is 3.65. The number of hydrogen-bond donors (Lipinski definition) is 1. The molecule has 1 rings (SSSR count). The highest BCUT2D eigenvalue weighted by Crippen LogP contribution is 2.29. The Balaban J connectivity index is 2.01. The molecule has 1 aliphatic rings. The molecule has 16 heavy (non-hydrogen) atoms. The van der Waals surface area contributed by atoms with Crippen molar-refractivity contribution >= 4 is 0 Å². The molecule has 2 nitrogen and oxygen atoms in total. The Morgan fingerprint density at radius 1 is 1.31 bits per heavy atom. The third kappa shape index (κ3) is 5.31. The normalized spacial score (nSPS) is 18.8. The van der Waals surface area contributed by atoms with Gasteiger partial charge in [0.25, 0.3) is 0 Å². The zero-order valence-electron chi connectivity index (χ0n) is 11.3. The molecular formula is C14H29NO. The Morgan fingerprint density at radius 2 is 2.06 bits per heavy atom. The molecule has 1 unspecified atom stereocenters. The second-order valence-electron chi connectivity index (χ2n) is 5.47. The Bertz CT molecular complexity index is 166. The van der Waals surface area contributed by atoms with Crippen LogP contribution in [0.2, 0.25) is 0 Å². The summed E-state index contributed by atoms with van der Waals surface area (Å²) < 4.78 is 5.80. The van der Waals surface area contributed by atoms with Gasteiger partial charge in [-0.25, -0.2) is 0 Å². The molecule has 0 saturated heterocycles. The lowest BCUT2D eigenvalue weighted by Gasteiger charge is -2.26. The molecule has 1 aliphatic carbocycles. The molecule has 1 fully saturated rings. The van der Waals surface area contributed by atoms with Crippen LogP contribution >= 0.6 is 0 Å². The molecule has 0 spiro atoms. The lowest BCUT2D eigenvalue weighted by molar-refractivity contribution is 0.0787. The van der Waals surface area contributed by atoms with Gasteiger partial charge < -0.3 is 10.1 Å². The van der Waals surface area contributed by atoms with Gasteiger partial charge in [0, 0.05) is 12.6 Å². The summed E-state index contributed by atoms with van der Waals surface area (Å²) in [6, 6.07) is 0.529. The molecule has 0 aromatic rings. The summed E-state index contributed by atoms with van der Waals surface area (Å²) in [6.07, 6.45) is 6.79. The number of nitrogens with one attached hydrogen (secondary N) is 1. The maximum absolute atomic E-state index is 5.80. The molecule has 0 aromatic heterocycles. The van der Waals surface area contributed by atoms with E-state index in [0.717, 1.165) is 25.7 Å². The van der Waals surface area contributed by atoms with Crippen molar-refractivity contribution in [3.8, 4) is 0 Å². The van der Waals surface area contributed by atoms with Crippen LogP contribution in [0.25, 0.3) is 0 Å². The smallest absolute Gasteiger partial charge is 0.0622 e. The molecule has 1 saturated carbocycles. The van der Waals surface area contributed by atoms with Gasteiger partial charge in [-0.1, -0.05) is 40.0 Å². The summed E-state index contributed by atoms with van der Waals surface area (Å²) in [7, 11) is 0. The van der Waals surface area contributed by atoms with Gasteiger partial charge in [0.2, 0.25) is 0 Å². The molecule has 2 heteroatoms. The molecule has 1 atom stereocenters. The Labute approximate surface area is 101 Å². The van der Waals surface area contributed by atoms with Crippen molar-refractivity contribution in [3.05, 3.63) is 0 Å². The van der Waals surface area contributed by atoms with Crippen molar-refractivity contribution in [3.63, 3.8) is 0 Å². The van der Waals surface area contributed by atoms with E-state index >= 15 is 0 Å². The van der Waals surface area contributed by atoms with E-state index < -0.39 is 0 Å². The van der Waals surface area contributed by atoms with Crippen LogP contribution in [-0.2, 0) is 4.74 Å². The first-order valence-corrected chi connectivity index (χ1v) is 7.05. The predicted molar refractivity (Wildman–Crippen MR) is 69.7 cm³/mol. The van der Waals surface area contributed by atoms with Crippen LogP contribution in [0.1, 0.15) is 52.9 Å². The van der Waals surface area contributed by atoms with Crippen LogP contribution in [0.5, 0.6) is 0 Å². The van der Waals surface area contributed by atoms with Crippen LogP contribution in [-0.4, -0.2) is 25.8 Å². The Hall–Kier alpha value is -0.0800. The van der Waals surface area contributed by atoms with E-state index in [1.165, 1.54) is 32.1 Å². The van der Waals surface area contributed by atoms with Crippen LogP contribution in [0, 0.1) is 11.8 Å². The number of hydrogen-bond acceptors (Lipinski definition) is 2. The van der Waals surface area contributed by atoms with Gasteiger partial charge in [0.1, 0.15) is 0 Å². The molecule has 0 aromatic carbocycles. The number of rotatable bonds is 9. The molecule has 0 bridgehead atoms. The van der Waals surface area contributed by atoms with Crippen molar-refractivity contribution < 1.29 is 4.74 Å². The Kier molecular flexibility index (Phi) is 7.06. The molecule has 1 N–H and O–H groups in total. The maximum atomic E-state index is 5.80. The summed E-state index contributed by atoms with van der Waals surface area (Å²) in [6.45, 7) is 9.69. The van der Waals surface area contributed by atoms with E-state index in [0.29, 0.717) is 12.0 Å². The fourth-order valence-corrected chi connectivity index (χ4v) is 2.06. The second-order valence-corrected chi connectivity index (χ2v) is 5.47. The van der Waals surface area contributed by atoms with E-state index in [9.17, 15) is 0 Å². The van der Waals surface area contributed by atoms with E-state index in [2.05, 4.69) is 26.1 Å². The van der Waals surface area contributed by atoms with Gasteiger partial charge >= 0.3 is 0 Å². The van der Waals surface area contributed by atoms with Crippen molar-refractivity contribution in [2.75, 3.05) is 19.8 Å². The van der Waals surface area contributed by atoms with Crippen LogP contribution in [0.15, 0.2) is 0 Å². The van der Waals surface area contributed by atoms with E-state index in [-0.39, 0.29) is 0 Å². The first-order chi connectivity index (χ1) is 7.74. The minimum atomic E-state index is 0.529. The summed E-state index contributed by atoms with van der Waals surface area (Å²) >= 11 is 0. The molecule has 0 heterocycles. The molecule has 96 valence electrons. The highest BCUT2D eigenvalue weighted by molar-refractivity contribution is 4.71. The average molecular weight is 227 g/mol. The van der Waals surface area contributed by atoms with Gasteiger partial charge in [0.15, 0.2) is 0 Å². The van der Waals surface area contributed by atoms with Gasteiger partial charge in [-0.15, -0.1) is 0 Å². The maximum Gasteiger partial charge on any atom is 0.0622 e. The van der Waals surface area contributed by atoms with Gasteiger partial charge in [-0.3, -0.25) is 0 Å². The zero-order chi connectivity index (χ0) is 11.8. The highest BCUT2D eigenvalue weighted by Gasteiger charge is 2.17. The summed E-state index contributed by atoms with van der Waals surface area (Å²) in [5, 5.41) is 3.56. The van der Waals surface area contributed by atoms with E-state index in [1.807, 2.05) is 0 Å². The first kappa shape index (κ1) is 14.0. The quantitative estimate of drug-likeness (QED) is 0.611. The summed E-state index contributed by atoms with van der Waals surface area (Å²) in [4.78, 5) is 0. The monoisotopic (exact) mass is 227 g/mol. The second kappa shape index (κ2) is 8.08. The van der Waals surface area contributed by atoms with Gasteiger partial charge in [0.05, 0.1) is 6.61 Å². The topological polar surface area (TPSA) is 21.3 Å². The predicted octanol–water partition coefficient (Wildman–Crippen LogP) is 3.22. The fourth-order valence-electron chi connectivity index (χ4n) is 2.06. The van der Waals surface area contributed by atoms with E-state index in [1.54, 1.807) is 0 Å². The lowest BCUT2D eigenvalue weighted by atomic mass is 9.83. The minimum absolute atomic E-state index is 0.529. The Morgan fingerprint density at radius 3 is 2.56 bits per heavy atom. The molecular weight excluding hydrogens is 198 g/mol. The SMILES string of the molecule is CCCNC(COCCC1CCC1)C(C)C. The van der Waals surface area contributed by atoms with E-state index in [4.69, 9.17) is 4.74 Å². The zero-order valence-corrected chi connectivity index (χ0v) is 11.3. The highest BCUT2D eigenvalue weighted by atomic mass is 16.5. The van der Waals surface area contributed by atoms with Gasteiger partial charge in [-0.05, 0) is 31.2 Å². The van der Waals surface area contributed by atoms with Crippen molar-refractivity contribution in [1.82, 2.24) is 5.32 Å². The van der Waals surface area contributed by atoms with Gasteiger partial charge in [-0.2, -0.15) is 0 Å². The number of ether oxygens (including phenoxy) is 1.